The van der Waals surface area contributed by atoms with Crippen LogP contribution in [0.15, 0.2) is 40.3 Å². The summed E-state index contributed by atoms with van der Waals surface area (Å²) in [4.78, 5) is 4.80. The third kappa shape index (κ3) is 2.76. The minimum absolute atomic E-state index is 0.170. The lowest BCUT2D eigenvalue weighted by Gasteiger charge is -2.36. The average Bonchev–Trinajstić information content (AvgIpc) is 2.50. The first kappa shape index (κ1) is 15.8. The fourth-order valence-corrected chi connectivity index (χ4v) is 4.31. The van der Waals surface area contributed by atoms with E-state index in [0.29, 0.717) is 0 Å². The molecule has 0 unspecified atom stereocenters. The number of amidine groups is 1. The van der Waals surface area contributed by atoms with Gasteiger partial charge in [0.1, 0.15) is 0 Å². The van der Waals surface area contributed by atoms with E-state index in [2.05, 4.69) is 32.6 Å². The van der Waals surface area contributed by atoms with Gasteiger partial charge in [-0.2, -0.15) is 0 Å². The summed E-state index contributed by atoms with van der Waals surface area (Å²) in [7, 11) is 4.01. The van der Waals surface area contributed by atoms with Crippen molar-refractivity contribution in [2.24, 2.45) is 4.99 Å². The van der Waals surface area contributed by atoms with Crippen LogP contribution < -0.4 is 5.11 Å². The number of nitrogens with zero attached hydrogens (tertiary/aromatic N) is 3. The van der Waals surface area contributed by atoms with Gasteiger partial charge in [-0.3, -0.25) is 0 Å². The van der Waals surface area contributed by atoms with E-state index < -0.39 is 8.07 Å². The molecule has 0 saturated heterocycles. The van der Waals surface area contributed by atoms with E-state index in [-0.39, 0.29) is 10.5 Å². The Labute approximate surface area is 128 Å². The Morgan fingerprint density at radius 3 is 2.33 bits per heavy atom. The molecule has 21 heavy (non-hydrogen) atoms. The van der Waals surface area contributed by atoms with E-state index >= 15 is 0 Å². The second kappa shape index (κ2) is 5.00. The summed E-state index contributed by atoms with van der Waals surface area (Å²) in [6.07, 6.45) is 0. The van der Waals surface area contributed by atoms with Crippen molar-refractivity contribution in [2.75, 3.05) is 21.1 Å². The Hall–Kier alpha value is -1.59. The normalized spacial score (nSPS) is 20.5. The first-order chi connectivity index (χ1) is 9.55. The van der Waals surface area contributed by atoms with Crippen LogP contribution in [0.4, 0.5) is 5.69 Å². The zero-order chi connectivity index (χ0) is 16.0. The monoisotopic (exact) mass is 303 g/mol. The van der Waals surface area contributed by atoms with Crippen molar-refractivity contribution >= 4 is 19.6 Å². The summed E-state index contributed by atoms with van der Waals surface area (Å²) in [5.74, 6) is 0.998. The van der Waals surface area contributed by atoms with Crippen LogP contribution in [0.5, 0.6) is 0 Å². The maximum Gasteiger partial charge on any atom is 0.181 e. The molecule has 0 saturated carbocycles. The van der Waals surface area contributed by atoms with Gasteiger partial charge in [0.15, 0.2) is 5.84 Å². The molecule has 0 atom stereocenters. The van der Waals surface area contributed by atoms with Gasteiger partial charge >= 0.3 is 0 Å². The van der Waals surface area contributed by atoms with Crippen LogP contribution in [0.1, 0.15) is 5.56 Å². The zero-order valence-corrected chi connectivity index (χ0v) is 15.1. The summed E-state index contributed by atoms with van der Waals surface area (Å²) in [5, 5.41) is 15.7. The third-order valence-corrected chi connectivity index (χ3v) is 5.92. The van der Waals surface area contributed by atoms with Crippen molar-refractivity contribution in [1.29, 1.82) is 0 Å². The van der Waals surface area contributed by atoms with E-state index in [4.69, 9.17) is 4.99 Å². The van der Waals surface area contributed by atoms with E-state index in [1.807, 2.05) is 44.4 Å². The minimum atomic E-state index is -1.77. The number of quaternary nitrogens is 1. The highest BCUT2D eigenvalue weighted by Gasteiger charge is 2.43. The van der Waals surface area contributed by atoms with E-state index in [1.54, 1.807) is 0 Å². The van der Waals surface area contributed by atoms with Gasteiger partial charge in [-0.1, -0.05) is 31.8 Å². The molecule has 4 nitrogen and oxygen atoms in total. The van der Waals surface area contributed by atoms with Gasteiger partial charge in [-0.15, -0.1) is 0 Å². The Morgan fingerprint density at radius 1 is 1.19 bits per heavy atom. The quantitative estimate of drug-likeness (QED) is 0.621. The number of hydrogen-bond acceptors (Lipinski definition) is 2. The maximum atomic E-state index is 12.8. The number of aryl methyl sites for hydroxylation is 1. The molecule has 0 radical (unpaired) electrons. The van der Waals surface area contributed by atoms with Gasteiger partial charge < -0.3 is 5.11 Å². The topological polar surface area (TPSA) is 38.7 Å². The Morgan fingerprint density at radius 2 is 1.81 bits per heavy atom. The van der Waals surface area contributed by atoms with Crippen molar-refractivity contribution in [3.8, 4) is 0 Å². The highest BCUT2D eigenvalue weighted by molar-refractivity contribution is 6.87. The molecule has 0 spiro atoms. The van der Waals surface area contributed by atoms with Gasteiger partial charge in [-0.05, 0) is 24.6 Å². The van der Waals surface area contributed by atoms with Gasteiger partial charge in [-0.25, -0.2) is 14.6 Å². The molecule has 0 aliphatic carbocycles. The smallest absolute Gasteiger partial charge is 0.181 e. The van der Waals surface area contributed by atoms with Crippen molar-refractivity contribution in [3.05, 3.63) is 40.9 Å². The fourth-order valence-electron chi connectivity index (χ4n) is 2.51. The van der Waals surface area contributed by atoms with Gasteiger partial charge in [0.25, 0.3) is 0 Å². The first-order valence-corrected chi connectivity index (χ1v) is 10.7. The molecule has 1 aliphatic heterocycles. The number of aliphatic imine (C=N–C) groups is 1. The van der Waals surface area contributed by atoms with Crippen LogP contribution in [0.25, 0.3) is 0 Å². The summed E-state index contributed by atoms with van der Waals surface area (Å²) >= 11 is 0. The zero-order valence-electron chi connectivity index (χ0n) is 14.1. The Balaban J connectivity index is 2.61. The van der Waals surface area contributed by atoms with Gasteiger partial charge in [0, 0.05) is 5.20 Å². The predicted octanol–water partition coefficient (Wildman–Crippen LogP) is 2.41. The lowest BCUT2D eigenvalue weighted by Crippen LogP contribution is -2.51. The molecule has 5 heteroatoms. The second-order valence-corrected chi connectivity index (χ2v) is 12.1. The molecule has 0 fully saturated rings. The van der Waals surface area contributed by atoms with Crippen molar-refractivity contribution in [2.45, 2.75) is 26.6 Å². The molecule has 1 aliphatic rings. The average molecular weight is 303 g/mol. The molecular weight excluding hydrogens is 278 g/mol. The van der Waals surface area contributed by atoms with Crippen LogP contribution in [0.3, 0.4) is 0 Å². The van der Waals surface area contributed by atoms with Crippen molar-refractivity contribution in [1.82, 2.24) is 5.01 Å². The highest BCUT2D eigenvalue weighted by atomic mass is 28.3. The fraction of sp³-hybridized carbons (Fsp3) is 0.438. The SMILES string of the molecule is Cc1cccc(N=C2C([Si](C)(C)C)=C([O-])[N+](C)(C)N2C)c1. The number of hydrogen-bond donors (Lipinski definition) is 0. The number of rotatable bonds is 2. The third-order valence-electron chi connectivity index (χ3n) is 3.98. The lowest BCUT2D eigenvalue weighted by molar-refractivity contribution is -0.984. The molecule has 1 aromatic rings. The first-order valence-electron chi connectivity index (χ1n) is 7.21. The lowest BCUT2D eigenvalue weighted by atomic mass is 10.2. The van der Waals surface area contributed by atoms with Crippen molar-refractivity contribution in [3.63, 3.8) is 0 Å². The van der Waals surface area contributed by atoms with E-state index in [0.717, 1.165) is 16.7 Å². The van der Waals surface area contributed by atoms with E-state index in [9.17, 15) is 5.11 Å². The summed E-state index contributed by atoms with van der Waals surface area (Å²) in [5.41, 5.74) is 2.08. The summed E-state index contributed by atoms with van der Waals surface area (Å²) in [6, 6.07) is 8.08. The number of benzene rings is 1. The molecule has 0 N–H and O–H groups in total. The van der Waals surface area contributed by atoms with Crippen LogP contribution in [-0.2, 0) is 0 Å². The number of likely N-dealkylation sites (N-methyl/N-ethyl adjacent to an activating group) is 1. The van der Waals surface area contributed by atoms with E-state index in [1.165, 1.54) is 5.56 Å². The Bertz CT molecular complexity index is 627. The van der Waals surface area contributed by atoms with Gasteiger partial charge in [0.2, 0.25) is 0 Å². The summed E-state index contributed by atoms with van der Waals surface area (Å²) in [6.45, 7) is 8.65. The van der Waals surface area contributed by atoms with Crippen LogP contribution in [0.2, 0.25) is 19.6 Å². The molecular formula is C16H25N3OSi. The molecule has 114 valence electrons. The minimum Gasteiger partial charge on any atom is -0.829 e. The second-order valence-electron chi connectivity index (χ2n) is 7.12. The highest BCUT2D eigenvalue weighted by Crippen LogP contribution is 2.33. The molecule has 1 heterocycles. The Kier molecular flexibility index (Phi) is 3.76. The molecule has 0 bridgehead atoms. The van der Waals surface area contributed by atoms with Crippen molar-refractivity contribution < 1.29 is 9.70 Å². The summed E-state index contributed by atoms with van der Waals surface area (Å²) < 4.78 is 0.213. The molecule has 2 rings (SSSR count). The standard InChI is InChI=1S/C16H25N3OSi/c1-12-9-8-10-13(11-12)17-15-14(21(5,6)7)16(20)19(3,4)18(15)2/h8-11H,1-7H3. The molecule has 0 aromatic heterocycles. The maximum absolute atomic E-state index is 12.8. The largest absolute Gasteiger partial charge is 0.829 e. The predicted molar refractivity (Wildman–Crippen MR) is 88.5 cm³/mol. The van der Waals surface area contributed by atoms with Crippen LogP contribution in [-0.4, -0.2) is 44.7 Å². The van der Waals surface area contributed by atoms with Crippen LogP contribution in [0, 0.1) is 6.92 Å². The molecule has 0 amide bonds. The van der Waals surface area contributed by atoms with Gasteiger partial charge in [0.05, 0.1) is 40.8 Å². The molecule has 1 aromatic carbocycles. The van der Waals surface area contributed by atoms with Crippen LogP contribution >= 0.6 is 0 Å².